The van der Waals surface area contributed by atoms with Crippen LogP contribution in [0.2, 0.25) is 10.0 Å². The van der Waals surface area contributed by atoms with Gasteiger partial charge in [0.1, 0.15) is 0 Å². The van der Waals surface area contributed by atoms with Crippen molar-refractivity contribution in [3.8, 4) is 0 Å². The number of hydrogen-bond acceptors (Lipinski definition) is 2. The predicted octanol–water partition coefficient (Wildman–Crippen LogP) is 3.19. The zero-order valence-electron chi connectivity index (χ0n) is 11.1. The van der Waals surface area contributed by atoms with Crippen LogP contribution in [-0.4, -0.2) is 29.9 Å². The summed E-state index contributed by atoms with van der Waals surface area (Å²) < 4.78 is 0. The Balaban J connectivity index is 2.18. The van der Waals surface area contributed by atoms with E-state index < -0.39 is 0 Å². The summed E-state index contributed by atoms with van der Waals surface area (Å²) in [7, 11) is 0. The van der Waals surface area contributed by atoms with E-state index >= 15 is 0 Å². The van der Waals surface area contributed by atoms with E-state index in [0.29, 0.717) is 28.7 Å². The largest absolute Gasteiger partial charge is 0.338 e. The van der Waals surface area contributed by atoms with Gasteiger partial charge in [0.15, 0.2) is 0 Å². The fourth-order valence-electron chi connectivity index (χ4n) is 2.36. The fraction of sp³-hybridized carbons (Fsp3) is 0.500. The van der Waals surface area contributed by atoms with E-state index in [1.807, 2.05) is 4.90 Å². The summed E-state index contributed by atoms with van der Waals surface area (Å²) >= 11 is 11.8. The summed E-state index contributed by atoms with van der Waals surface area (Å²) in [5, 5.41) is 0.861. The van der Waals surface area contributed by atoms with Crippen LogP contribution in [-0.2, 0) is 0 Å². The van der Waals surface area contributed by atoms with Gasteiger partial charge in [-0.05, 0) is 30.0 Å². The Morgan fingerprint density at radius 1 is 1.37 bits per heavy atom. The lowest BCUT2D eigenvalue weighted by Gasteiger charge is -2.42. The van der Waals surface area contributed by atoms with Crippen molar-refractivity contribution in [1.82, 2.24) is 4.90 Å². The Morgan fingerprint density at radius 3 is 2.63 bits per heavy atom. The lowest BCUT2D eigenvalue weighted by Crippen LogP contribution is -2.54. The van der Waals surface area contributed by atoms with E-state index in [1.54, 1.807) is 18.2 Å². The first-order chi connectivity index (χ1) is 8.81. The van der Waals surface area contributed by atoms with Gasteiger partial charge in [-0.2, -0.15) is 0 Å². The Labute approximate surface area is 123 Å². The third kappa shape index (κ3) is 3.04. The molecule has 1 aliphatic heterocycles. The van der Waals surface area contributed by atoms with Crippen LogP contribution in [0, 0.1) is 5.41 Å². The van der Waals surface area contributed by atoms with Crippen LogP contribution in [0.15, 0.2) is 18.2 Å². The van der Waals surface area contributed by atoms with Crippen LogP contribution in [0.4, 0.5) is 0 Å². The molecular weight excluding hydrogens is 283 g/mol. The van der Waals surface area contributed by atoms with Gasteiger partial charge in [0.2, 0.25) is 0 Å². The number of hydrogen-bond donors (Lipinski definition) is 1. The second kappa shape index (κ2) is 5.31. The maximum absolute atomic E-state index is 12.4. The number of carbonyl (C=O) groups excluding carboxylic acids is 1. The molecule has 3 nitrogen and oxygen atoms in total. The number of amides is 1. The predicted molar refractivity (Wildman–Crippen MR) is 78.7 cm³/mol. The van der Waals surface area contributed by atoms with E-state index in [0.717, 1.165) is 6.42 Å². The van der Waals surface area contributed by atoms with Crippen molar-refractivity contribution < 1.29 is 4.79 Å². The van der Waals surface area contributed by atoms with Crippen molar-refractivity contribution in [2.45, 2.75) is 26.3 Å². The van der Waals surface area contributed by atoms with Crippen LogP contribution in [0.5, 0.6) is 0 Å². The number of halogens is 2. The standard InChI is InChI=1S/C14H18Cl2N2O/c1-14(2)8-18(6-5-12(14)17)13(19)9-3-4-10(15)11(16)7-9/h3-4,7,12H,5-6,8,17H2,1-2H3. The smallest absolute Gasteiger partial charge is 0.253 e. The first-order valence-electron chi connectivity index (χ1n) is 6.31. The normalized spacial score (nSPS) is 22.4. The first-order valence-corrected chi connectivity index (χ1v) is 7.07. The van der Waals surface area contributed by atoms with Gasteiger partial charge in [-0.3, -0.25) is 4.79 Å². The van der Waals surface area contributed by atoms with Gasteiger partial charge in [-0.15, -0.1) is 0 Å². The summed E-state index contributed by atoms with van der Waals surface area (Å²) in [6.07, 6.45) is 0.820. The lowest BCUT2D eigenvalue weighted by atomic mass is 9.79. The monoisotopic (exact) mass is 300 g/mol. The van der Waals surface area contributed by atoms with Crippen LogP contribution in [0.1, 0.15) is 30.6 Å². The number of nitrogens with two attached hydrogens (primary N) is 1. The molecule has 1 aromatic carbocycles. The minimum absolute atomic E-state index is 0.0152. The molecule has 1 heterocycles. The number of rotatable bonds is 1. The molecule has 0 saturated carbocycles. The maximum Gasteiger partial charge on any atom is 0.253 e. The first kappa shape index (κ1) is 14.6. The number of benzene rings is 1. The van der Waals surface area contributed by atoms with Gasteiger partial charge in [-0.1, -0.05) is 37.0 Å². The highest BCUT2D eigenvalue weighted by Gasteiger charge is 2.35. The quantitative estimate of drug-likeness (QED) is 0.866. The van der Waals surface area contributed by atoms with Crippen LogP contribution < -0.4 is 5.73 Å². The van der Waals surface area contributed by atoms with Gasteiger partial charge in [0, 0.05) is 24.7 Å². The van der Waals surface area contributed by atoms with Crippen molar-refractivity contribution in [2.24, 2.45) is 11.1 Å². The summed E-state index contributed by atoms with van der Waals surface area (Å²) in [6.45, 7) is 5.52. The maximum atomic E-state index is 12.4. The van der Waals surface area contributed by atoms with Crippen molar-refractivity contribution in [3.05, 3.63) is 33.8 Å². The third-order valence-electron chi connectivity index (χ3n) is 3.77. The molecule has 0 aromatic heterocycles. The molecular formula is C14H18Cl2N2O. The summed E-state index contributed by atoms with van der Waals surface area (Å²) in [4.78, 5) is 14.3. The molecule has 1 saturated heterocycles. The fourth-order valence-corrected chi connectivity index (χ4v) is 2.66. The van der Waals surface area contributed by atoms with Gasteiger partial charge < -0.3 is 10.6 Å². The van der Waals surface area contributed by atoms with Crippen LogP contribution in [0.3, 0.4) is 0 Å². The topological polar surface area (TPSA) is 46.3 Å². The van der Waals surface area contributed by atoms with Crippen molar-refractivity contribution in [2.75, 3.05) is 13.1 Å². The number of carbonyl (C=O) groups is 1. The van der Waals surface area contributed by atoms with E-state index in [-0.39, 0.29) is 17.4 Å². The Hall–Kier alpha value is -0.770. The molecule has 5 heteroatoms. The molecule has 0 bridgehead atoms. The highest BCUT2D eigenvalue weighted by Crippen LogP contribution is 2.29. The van der Waals surface area contributed by atoms with E-state index in [9.17, 15) is 4.79 Å². The summed E-state index contributed by atoms with van der Waals surface area (Å²) in [5.74, 6) is -0.0152. The molecule has 0 aliphatic carbocycles. The highest BCUT2D eigenvalue weighted by molar-refractivity contribution is 6.42. The molecule has 104 valence electrons. The summed E-state index contributed by atoms with van der Waals surface area (Å²) in [6, 6.07) is 5.11. The Kier molecular flexibility index (Phi) is 4.09. The molecule has 2 rings (SSSR count). The number of likely N-dealkylation sites (tertiary alicyclic amines) is 1. The SMILES string of the molecule is CC1(C)CN(C(=O)c2ccc(Cl)c(Cl)c2)CCC1N. The summed E-state index contributed by atoms with van der Waals surface area (Å²) in [5.41, 5.74) is 6.59. The van der Waals surface area contributed by atoms with Crippen molar-refractivity contribution in [1.29, 1.82) is 0 Å². The number of nitrogens with zero attached hydrogens (tertiary/aromatic N) is 1. The second-order valence-corrected chi connectivity index (χ2v) is 6.55. The van der Waals surface area contributed by atoms with Crippen LogP contribution in [0.25, 0.3) is 0 Å². The molecule has 19 heavy (non-hydrogen) atoms. The highest BCUT2D eigenvalue weighted by atomic mass is 35.5. The third-order valence-corrected chi connectivity index (χ3v) is 4.50. The Bertz CT molecular complexity index is 502. The van der Waals surface area contributed by atoms with E-state index in [1.165, 1.54) is 0 Å². The molecule has 1 fully saturated rings. The van der Waals surface area contributed by atoms with Gasteiger partial charge in [0.05, 0.1) is 10.0 Å². The molecule has 1 aromatic rings. The minimum Gasteiger partial charge on any atom is -0.338 e. The average molecular weight is 301 g/mol. The van der Waals surface area contributed by atoms with Gasteiger partial charge in [0.25, 0.3) is 5.91 Å². The zero-order chi connectivity index (χ0) is 14.2. The molecule has 1 unspecified atom stereocenters. The van der Waals surface area contributed by atoms with E-state index in [2.05, 4.69) is 13.8 Å². The van der Waals surface area contributed by atoms with E-state index in [4.69, 9.17) is 28.9 Å². The molecule has 0 radical (unpaired) electrons. The lowest BCUT2D eigenvalue weighted by molar-refractivity contribution is 0.0533. The van der Waals surface area contributed by atoms with Crippen molar-refractivity contribution >= 4 is 29.1 Å². The zero-order valence-corrected chi connectivity index (χ0v) is 12.6. The number of piperidine rings is 1. The molecule has 1 aliphatic rings. The van der Waals surface area contributed by atoms with Gasteiger partial charge in [-0.25, -0.2) is 0 Å². The average Bonchev–Trinajstić information content (AvgIpc) is 2.35. The minimum atomic E-state index is -0.0653. The molecule has 1 amide bonds. The van der Waals surface area contributed by atoms with Crippen LogP contribution >= 0.6 is 23.2 Å². The Morgan fingerprint density at radius 2 is 2.05 bits per heavy atom. The molecule has 0 spiro atoms. The molecule has 2 N–H and O–H groups in total. The van der Waals surface area contributed by atoms with Gasteiger partial charge >= 0.3 is 0 Å². The second-order valence-electron chi connectivity index (χ2n) is 5.74. The molecule has 1 atom stereocenters. The van der Waals surface area contributed by atoms with Crippen molar-refractivity contribution in [3.63, 3.8) is 0 Å².